The summed E-state index contributed by atoms with van der Waals surface area (Å²) in [7, 11) is 5.05. The molecule has 1 amide bonds. The molecule has 0 spiro atoms. The highest BCUT2D eigenvalue weighted by atomic mass is 16.5. The Hall–Kier alpha value is -2.75. The summed E-state index contributed by atoms with van der Waals surface area (Å²) in [6, 6.07) is 15.3. The van der Waals surface area contributed by atoms with Crippen molar-refractivity contribution in [1.82, 2.24) is 4.90 Å². The fourth-order valence-electron chi connectivity index (χ4n) is 2.38. The van der Waals surface area contributed by atoms with E-state index in [2.05, 4.69) is 0 Å². The molecule has 24 heavy (non-hydrogen) atoms. The monoisotopic (exact) mass is 325 g/mol. The van der Waals surface area contributed by atoms with E-state index in [-0.39, 0.29) is 11.9 Å². The van der Waals surface area contributed by atoms with Gasteiger partial charge in [0.2, 0.25) is 5.91 Å². The molecule has 0 aliphatic carbocycles. The predicted octanol–water partition coefficient (Wildman–Crippen LogP) is 3.94. The van der Waals surface area contributed by atoms with Gasteiger partial charge in [0, 0.05) is 18.7 Å². The fraction of sp³-hybridized carbons (Fsp3) is 0.250. The van der Waals surface area contributed by atoms with E-state index in [1.807, 2.05) is 55.5 Å². The molecule has 0 heterocycles. The molecule has 0 aromatic heterocycles. The van der Waals surface area contributed by atoms with Crippen LogP contribution >= 0.6 is 0 Å². The molecule has 0 saturated carbocycles. The molecule has 0 N–H and O–H groups in total. The summed E-state index contributed by atoms with van der Waals surface area (Å²) in [5.74, 6) is 1.48. The Morgan fingerprint density at radius 2 is 1.71 bits per heavy atom. The zero-order valence-corrected chi connectivity index (χ0v) is 14.5. The van der Waals surface area contributed by atoms with Crippen LogP contribution in [0, 0.1) is 0 Å². The lowest BCUT2D eigenvalue weighted by Gasteiger charge is -2.24. The molecule has 4 nitrogen and oxygen atoms in total. The van der Waals surface area contributed by atoms with Crippen LogP contribution in [0.3, 0.4) is 0 Å². The number of benzene rings is 2. The molecule has 4 heteroatoms. The lowest BCUT2D eigenvalue weighted by Crippen LogP contribution is -2.27. The third-order valence-electron chi connectivity index (χ3n) is 4.07. The predicted molar refractivity (Wildman–Crippen MR) is 96.2 cm³/mol. The first-order valence-corrected chi connectivity index (χ1v) is 7.78. The molecular formula is C20H23NO3. The van der Waals surface area contributed by atoms with Gasteiger partial charge in [-0.2, -0.15) is 0 Å². The third-order valence-corrected chi connectivity index (χ3v) is 4.07. The quantitative estimate of drug-likeness (QED) is 0.755. The van der Waals surface area contributed by atoms with Gasteiger partial charge in [0.05, 0.1) is 20.3 Å². The third kappa shape index (κ3) is 4.16. The summed E-state index contributed by atoms with van der Waals surface area (Å²) in [6.45, 7) is 2.00. The van der Waals surface area contributed by atoms with Crippen molar-refractivity contribution < 1.29 is 14.3 Å². The van der Waals surface area contributed by atoms with Crippen molar-refractivity contribution in [1.29, 1.82) is 0 Å². The normalized spacial score (nSPS) is 12.0. The topological polar surface area (TPSA) is 38.8 Å². The molecule has 0 bridgehead atoms. The first-order chi connectivity index (χ1) is 11.6. The Morgan fingerprint density at radius 1 is 1.04 bits per heavy atom. The molecule has 2 aromatic carbocycles. The van der Waals surface area contributed by atoms with E-state index in [0.717, 1.165) is 22.6 Å². The minimum atomic E-state index is -0.0655. The van der Waals surface area contributed by atoms with Crippen molar-refractivity contribution in [2.45, 2.75) is 13.0 Å². The number of methoxy groups -OCH3 is 2. The molecule has 0 radical (unpaired) electrons. The lowest BCUT2D eigenvalue weighted by molar-refractivity contribution is -0.126. The lowest BCUT2D eigenvalue weighted by atomic mass is 10.1. The van der Waals surface area contributed by atoms with E-state index < -0.39 is 0 Å². The largest absolute Gasteiger partial charge is 0.497 e. The molecule has 2 rings (SSSR count). The van der Waals surface area contributed by atoms with Crippen molar-refractivity contribution in [2.24, 2.45) is 0 Å². The van der Waals surface area contributed by atoms with Gasteiger partial charge in [0.15, 0.2) is 0 Å². The molecule has 2 aromatic rings. The zero-order chi connectivity index (χ0) is 17.5. The van der Waals surface area contributed by atoms with E-state index in [1.165, 1.54) is 0 Å². The van der Waals surface area contributed by atoms with Gasteiger partial charge in [-0.25, -0.2) is 0 Å². The van der Waals surface area contributed by atoms with Gasteiger partial charge in [-0.3, -0.25) is 4.79 Å². The molecule has 0 aliphatic rings. The van der Waals surface area contributed by atoms with Crippen LogP contribution < -0.4 is 9.47 Å². The van der Waals surface area contributed by atoms with Crippen LogP contribution in [0.1, 0.15) is 24.1 Å². The maximum atomic E-state index is 12.4. The van der Waals surface area contributed by atoms with E-state index in [9.17, 15) is 4.79 Å². The van der Waals surface area contributed by atoms with Gasteiger partial charge >= 0.3 is 0 Å². The summed E-state index contributed by atoms with van der Waals surface area (Å²) >= 11 is 0. The second-order valence-corrected chi connectivity index (χ2v) is 5.47. The molecule has 0 fully saturated rings. The van der Waals surface area contributed by atoms with Gasteiger partial charge in [-0.1, -0.05) is 30.3 Å². The SMILES string of the molecule is COc1ccc(C(C)N(C)C(=O)/C=C/c2ccccc2OC)cc1. The number of likely N-dealkylation sites (N-methyl/N-ethyl adjacent to an activating group) is 1. The van der Waals surface area contributed by atoms with Crippen molar-refractivity contribution in [3.63, 3.8) is 0 Å². The Morgan fingerprint density at radius 3 is 2.33 bits per heavy atom. The number of hydrogen-bond acceptors (Lipinski definition) is 3. The first-order valence-electron chi connectivity index (χ1n) is 7.78. The first kappa shape index (κ1) is 17.6. The number of nitrogens with zero attached hydrogens (tertiary/aromatic N) is 1. The molecule has 0 aliphatic heterocycles. The number of amides is 1. The van der Waals surface area contributed by atoms with Crippen molar-refractivity contribution in [2.75, 3.05) is 21.3 Å². The Labute approximate surface area is 143 Å². The number of rotatable bonds is 6. The molecule has 1 atom stereocenters. The van der Waals surface area contributed by atoms with Crippen molar-refractivity contribution in [3.8, 4) is 11.5 Å². The maximum Gasteiger partial charge on any atom is 0.246 e. The van der Waals surface area contributed by atoms with Gasteiger partial charge < -0.3 is 14.4 Å². The van der Waals surface area contributed by atoms with E-state index in [1.54, 1.807) is 38.3 Å². The average molecular weight is 325 g/mol. The number of carbonyl (C=O) groups is 1. The molecule has 126 valence electrons. The number of hydrogen-bond donors (Lipinski definition) is 0. The van der Waals surface area contributed by atoms with Crippen LogP contribution in [0.15, 0.2) is 54.6 Å². The summed E-state index contributed by atoms with van der Waals surface area (Å²) in [5, 5.41) is 0. The number of carbonyl (C=O) groups excluding carboxylic acids is 1. The fourth-order valence-corrected chi connectivity index (χ4v) is 2.38. The summed E-state index contributed by atoms with van der Waals surface area (Å²) in [5.41, 5.74) is 1.93. The highest BCUT2D eigenvalue weighted by Gasteiger charge is 2.15. The standard InChI is InChI=1S/C20H23NO3/c1-15(16-9-12-18(23-3)13-10-16)21(2)20(22)14-11-17-7-5-6-8-19(17)24-4/h5-15H,1-4H3/b14-11+. The van der Waals surface area contributed by atoms with Crippen molar-refractivity contribution in [3.05, 3.63) is 65.7 Å². The van der Waals surface area contributed by atoms with Gasteiger partial charge in [-0.05, 0) is 36.8 Å². The van der Waals surface area contributed by atoms with E-state index in [0.29, 0.717) is 0 Å². The Kier molecular flexibility index (Phi) is 6.01. The Bertz CT molecular complexity index is 707. The molecular weight excluding hydrogens is 302 g/mol. The molecule has 1 unspecified atom stereocenters. The van der Waals surface area contributed by atoms with Crippen LogP contribution in [0.2, 0.25) is 0 Å². The highest BCUT2D eigenvalue weighted by Crippen LogP contribution is 2.23. The van der Waals surface area contributed by atoms with Gasteiger partial charge in [0.25, 0.3) is 0 Å². The summed E-state index contributed by atoms with van der Waals surface area (Å²) in [4.78, 5) is 14.1. The van der Waals surface area contributed by atoms with Gasteiger partial charge in [-0.15, -0.1) is 0 Å². The zero-order valence-electron chi connectivity index (χ0n) is 14.5. The number of ether oxygens (including phenoxy) is 2. The van der Waals surface area contributed by atoms with E-state index >= 15 is 0 Å². The van der Waals surface area contributed by atoms with Crippen LogP contribution in [-0.4, -0.2) is 32.1 Å². The second-order valence-electron chi connectivity index (χ2n) is 5.47. The van der Waals surface area contributed by atoms with Crippen LogP contribution in [0.5, 0.6) is 11.5 Å². The smallest absolute Gasteiger partial charge is 0.246 e. The van der Waals surface area contributed by atoms with Crippen LogP contribution in [0.25, 0.3) is 6.08 Å². The minimum absolute atomic E-state index is 0.0364. The van der Waals surface area contributed by atoms with E-state index in [4.69, 9.17) is 9.47 Å². The highest BCUT2D eigenvalue weighted by molar-refractivity contribution is 5.92. The minimum Gasteiger partial charge on any atom is -0.497 e. The average Bonchev–Trinajstić information content (AvgIpc) is 2.65. The molecule has 0 saturated heterocycles. The van der Waals surface area contributed by atoms with Crippen LogP contribution in [0.4, 0.5) is 0 Å². The van der Waals surface area contributed by atoms with Gasteiger partial charge in [0.1, 0.15) is 11.5 Å². The summed E-state index contributed by atoms with van der Waals surface area (Å²) in [6.07, 6.45) is 3.34. The van der Waals surface area contributed by atoms with Crippen molar-refractivity contribution >= 4 is 12.0 Å². The van der Waals surface area contributed by atoms with Crippen LogP contribution in [-0.2, 0) is 4.79 Å². The second kappa shape index (κ2) is 8.20. The number of para-hydroxylation sites is 1. The Balaban J connectivity index is 2.09. The maximum absolute atomic E-state index is 12.4. The summed E-state index contributed by atoms with van der Waals surface area (Å²) < 4.78 is 10.5.